The minimum absolute atomic E-state index is 0.550. The molecule has 0 aliphatic heterocycles. The molecule has 1 aromatic carbocycles. The van der Waals surface area contributed by atoms with E-state index in [0.29, 0.717) is 6.54 Å². The SMILES string of the molecule is NCc1ccc2nc(CCC3CCCCC3)oc2c1. The molecule has 1 aromatic heterocycles. The first-order valence-electron chi connectivity index (χ1n) is 7.43. The fourth-order valence-electron chi connectivity index (χ4n) is 3.05. The molecule has 0 radical (unpaired) electrons. The maximum atomic E-state index is 5.83. The number of hydrogen-bond donors (Lipinski definition) is 1. The number of nitrogens with zero attached hydrogens (tertiary/aromatic N) is 1. The maximum Gasteiger partial charge on any atom is 0.195 e. The van der Waals surface area contributed by atoms with Crippen LogP contribution in [0.1, 0.15) is 50.0 Å². The first kappa shape index (κ1) is 12.7. The van der Waals surface area contributed by atoms with Crippen LogP contribution in [0.4, 0.5) is 0 Å². The van der Waals surface area contributed by atoms with Gasteiger partial charge in [-0.3, -0.25) is 0 Å². The summed E-state index contributed by atoms with van der Waals surface area (Å²) in [5, 5.41) is 0. The van der Waals surface area contributed by atoms with E-state index in [9.17, 15) is 0 Å². The Morgan fingerprint density at radius 1 is 1.21 bits per heavy atom. The van der Waals surface area contributed by atoms with Gasteiger partial charge in [-0.25, -0.2) is 4.98 Å². The Labute approximate surface area is 114 Å². The van der Waals surface area contributed by atoms with E-state index < -0.39 is 0 Å². The molecule has 1 heterocycles. The largest absolute Gasteiger partial charge is 0.441 e. The van der Waals surface area contributed by atoms with Crippen LogP contribution in [0, 0.1) is 5.92 Å². The summed E-state index contributed by atoms with van der Waals surface area (Å²) >= 11 is 0. The Morgan fingerprint density at radius 2 is 2.05 bits per heavy atom. The zero-order valence-electron chi connectivity index (χ0n) is 11.4. The topological polar surface area (TPSA) is 52.0 Å². The van der Waals surface area contributed by atoms with Crippen molar-refractivity contribution in [1.29, 1.82) is 0 Å². The Balaban J connectivity index is 1.67. The van der Waals surface area contributed by atoms with Gasteiger partial charge in [0.1, 0.15) is 5.52 Å². The lowest BCUT2D eigenvalue weighted by Gasteiger charge is -2.20. The van der Waals surface area contributed by atoms with Crippen LogP contribution in [-0.2, 0) is 13.0 Å². The molecule has 0 spiro atoms. The highest BCUT2D eigenvalue weighted by atomic mass is 16.3. The van der Waals surface area contributed by atoms with Crippen LogP contribution in [0.5, 0.6) is 0 Å². The van der Waals surface area contributed by atoms with Crippen LogP contribution in [0.3, 0.4) is 0 Å². The molecule has 0 amide bonds. The molecule has 2 aromatic rings. The average Bonchev–Trinajstić information content (AvgIpc) is 2.88. The summed E-state index contributed by atoms with van der Waals surface area (Å²) in [5.74, 6) is 1.76. The molecule has 3 heteroatoms. The molecule has 3 nitrogen and oxygen atoms in total. The quantitative estimate of drug-likeness (QED) is 0.907. The second-order valence-corrected chi connectivity index (χ2v) is 5.66. The van der Waals surface area contributed by atoms with Crippen LogP contribution in [0.2, 0.25) is 0 Å². The molecule has 1 aliphatic rings. The van der Waals surface area contributed by atoms with E-state index in [2.05, 4.69) is 4.98 Å². The van der Waals surface area contributed by atoms with Crippen molar-refractivity contribution in [2.24, 2.45) is 11.7 Å². The zero-order valence-corrected chi connectivity index (χ0v) is 11.4. The fraction of sp³-hybridized carbons (Fsp3) is 0.562. The molecule has 102 valence electrons. The van der Waals surface area contributed by atoms with E-state index in [1.165, 1.54) is 38.5 Å². The van der Waals surface area contributed by atoms with Gasteiger partial charge in [-0.1, -0.05) is 38.2 Å². The first-order valence-corrected chi connectivity index (χ1v) is 7.43. The zero-order chi connectivity index (χ0) is 13.1. The van der Waals surface area contributed by atoms with E-state index in [1.54, 1.807) is 0 Å². The summed E-state index contributed by atoms with van der Waals surface area (Å²) in [6, 6.07) is 6.04. The van der Waals surface area contributed by atoms with Crippen molar-refractivity contribution >= 4 is 11.1 Å². The van der Waals surface area contributed by atoms with Crippen molar-refractivity contribution in [2.45, 2.75) is 51.5 Å². The van der Waals surface area contributed by atoms with Gasteiger partial charge in [0.25, 0.3) is 0 Å². The molecule has 1 aliphatic carbocycles. The molecule has 0 saturated heterocycles. The summed E-state index contributed by atoms with van der Waals surface area (Å²) < 4.78 is 5.83. The van der Waals surface area contributed by atoms with E-state index in [-0.39, 0.29) is 0 Å². The number of benzene rings is 1. The van der Waals surface area contributed by atoms with E-state index in [1.807, 2.05) is 18.2 Å². The summed E-state index contributed by atoms with van der Waals surface area (Å²) in [4.78, 5) is 4.57. The molecule has 0 atom stereocenters. The number of aromatic nitrogens is 1. The van der Waals surface area contributed by atoms with Crippen molar-refractivity contribution in [2.75, 3.05) is 0 Å². The van der Waals surface area contributed by atoms with Crippen molar-refractivity contribution < 1.29 is 4.42 Å². The third kappa shape index (κ3) is 2.98. The summed E-state index contributed by atoms with van der Waals surface area (Å²) in [6.45, 7) is 0.550. The summed E-state index contributed by atoms with van der Waals surface area (Å²) in [6.07, 6.45) is 9.18. The lowest BCUT2D eigenvalue weighted by molar-refractivity contribution is 0.330. The first-order chi connectivity index (χ1) is 9.35. The molecule has 1 saturated carbocycles. The monoisotopic (exact) mass is 258 g/mol. The Bertz CT molecular complexity index is 541. The van der Waals surface area contributed by atoms with Crippen molar-refractivity contribution in [1.82, 2.24) is 4.98 Å². The molecule has 3 rings (SSSR count). The van der Waals surface area contributed by atoms with Crippen LogP contribution < -0.4 is 5.73 Å². The highest BCUT2D eigenvalue weighted by Crippen LogP contribution is 2.28. The highest BCUT2D eigenvalue weighted by Gasteiger charge is 2.15. The van der Waals surface area contributed by atoms with E-state index in [4.69, 9.17) is 10.2 Å². The number of oxazole rings is 1. The molecule has 19 heavy (non-hydrogen) atoms. The van der Waals surface area contributed by atoms with Gasteiger partial charge in [0.05, 0.1) is 0 Å². The maximum absolute atomic E-state index is 5.83. The second-order valence-electron chi connectivity index (χ2n) is 5.66. The molecule has 1 fully saturated rings. The van der Waals surface area contributed by atoms with Gasteiger partial charge in [-0.2, -0.15) is 0 Å². The van der Waals surface area contributed by atoms with E-state index in [0.717, 1.165) is 34.9 Å². The van der Waals surface area contributed by atoms with Gasteiger partial charge in [0.2, 0.25) is 0 Å². The lowest BCUT2D eigenvalue weighted by Crippen LogP contribution is -2.07. The van der Waals surface area contributed by atoms with Crippen molar-refractivity contribution in [3.05, 3.63) is 29.7 Å². The molecule has 0 bridgehead atoms. The summed E-state index contributed by atoms with van der Waals surface area (Å²) in [5.41, 5.74) is 8.57. The van der Waals surface area contributed by atoms with Crippen LogP contribution in [0.25, 0.3) is 11.1 Å². The third-order valence-corrected chi connectivity index (χ3v) is 4.22. The van der Waals surface area contributed by atoms with Crippen LogP contribution in [0.15, 0.2) is 22.6 Å². The predicted molar refractivity (Wildman–Crippen MR) is 76.8 cm³/mol. The molecular weight excluding hydrogens is 236 g/mol. The number of nitrogens with two attached hydrogens (primary N) is 1. The average molecular weight is 258 g/mol. The van der Waals surface area contributed by atoms with Gasteiger partial charge >= 0.3 is 0 Å². The molecule has 0 unspecified atom stereocenters. The number of rotatable bonds is 4. The second kappa shape index (κ2) is 5.74. The highest BCUT2D eigenvalue weighted by molar-refractivity contribution is 5.73. The lowest BCUT2D eigenvalue weighted by atomic mass is 9.86. The normalized spacial score (nSPS) is 17.1. The minimum Gasteiger partial charge on any atom is -0.441 e. The van der Waals surface area contributed by atoms with Crippen LogP contribution in [-0.4, -0.2) is 4.98 Å². The van der Waals surface area contributed by atoms with Crippen LogP contribution >= 0.6 is 0 Å². The standard InChI is InChI=1S/C16H22N2O/c17-11-13-6-8-14-15(10-13)19-16(18-14)9-7-12-4-2-1-3-5-12/h6,8,10,12H,1-5,7,9,11,17H2. The predicted octanol–water partition coefficient (Wildman–Crippen LogP) is 3.80. The van der Waals surface area contributed by atoms with E-state index >= 15 is 0 Å². The van der Waals surface area contributed by atoms with Crippen molar-refractivity contribution in [3.8, 4) is 0 Å². The Kier molecular flexibility index (Phi) is 3.83. The fourth-order valence-corrected chi connectivity index (χ4v) is 3.05. The molecule has 2 N–H and O–H groups in total. The van der Waals surface area contributed by atoms with Gasteiger partial charge in [0, 0.05) is 13.0 Å². The van der Waals surface area contributed by atoms with Gasteiger partial charge in [-0.05, 0) is 30.0 Å². The summed E-state index contributed by atoms with van der Waals surface area (Å²) in [7, 11) is 0. The Morgan fingerprint density at radius 3 is 2.84 bits per heavy atom. The van der Waals surface area contributed by atoms with Gasteiger partial charge in [-0.15, -0.1) is 0 Å². The van der Waals surface area contributed by atoms with Gasteiger partial charge in [0.15, 0.2) is 11.5 Å². The number of fused-ring (bicyclic) bond motifs is 1. The smallest absolute Gasteiger partial charge is 0.195 e. The third-order valence-electron chi connectivity index (χ3n) is 4.22. The van der Waals surface area contributed by atoms with Gasteiger partial charge < -0.3 is 10.2 Å². The minimum atomic E-state index is 0.550. The number of hydrogen-bond acceptors (Lipinski definition) is 3. The molecular formula is C16H22N2O. The number of aryl methyl sites for hydroxylation is 1. The van der Waals surface area contributed by atoms with Crippen molar-refractivity contribution in [3.63, 3.8) is 0 Å². The Hall–Kier alpha value is -1.35.